The molecule has 2 rings (SSSR count). The Bertz CT molecular complexity index is 546. The number of nitrogens with zero attached hydrogens (tertiary/aromatic N) is 1. The highest BCUT2D eigenvalue weighted by Crippen LogP contribution is 2.16. The zero-order valence-electron chi connectivity index (χ0n) is 13.4. The summed E-state index contributed by atoms with van der Waals surface area (Å²) < 4.78 is 11.0. The molecule has 1 amide bonds. The summed E-state index contributed by atoms with van der Waals surface area (Å²) >= 11 is 0. The molecule has 1 atom stereocenters. The number of amides is 1. The third-order valence-corrected chi connectivity index (χ3v) is 3.62. The molecule has 0 spiro atoms. The van der Waals surface area contributed by atoms with Gasteiger partial charge in [-0.25, -0.2) is 0 Å². The Morgan fingerprint density at radius 2 is 2.26 bits per heavy atom. The highest BCUT2D eigenvalue weighted by atomic mass is 16.5. The highest BCUT2D eigenvalue weighted by Gasteiger charge is 2.25. The molecule has 1 unspecified atom stereocenters. The molecule has 1 aliphatic heterocycles. The Morgan fingerprint density at radius 1 is 1.43 bits per heavy atom. The average Bonchev–Trinajstić information content (AvgIpc) is 2.53. The number of carboxylic acids is 1. The normalized spacial score (nSPS) is 17.8. The summed E-state index contributed by atoms with van der Waals surface area (Å²) in [7, 11) is 0. The monoisotopic (exact) mass is 321 g/mol. The van der Waals surface area contributed by atoms with Crippen molar-refractivity contribution in [3.63, 3.8) is 0 Å². The van der Waals surface area contributed by atoms with Gasteiger partial charge in [0.05, 0.1) is 32.2 Å². The van der Waals surface area contributed by atoms with E-state index in [2.05, 4.69) is 0 Å². The quantitative estimate of drug-likeness (QED) is 0.827. The Kier molecular flexibility index (Phi) is 6.40. The number of aliphatic carboxylic acids is 1. The van der Waals surface area contributed by atoms with E-state index >= 15 is 0 Å². The van der Waals surface area contributed by atoms with E-state index in [9.17, 15) is 9.59 Å². The van der Waals surface area contributed by atoms with Gasteiger partial charge in [0.25, 0.3) is 0 Å². The van der Waals surface area contributed by atoms with Crippen molar-refractivity contribution in [2.75, 3.05) is 26.3 Å². The smallest absolute Gasteiger partial charge is 0.306 e. The van der Waals surface area contributed by atoms with Gasteiger partial charge >= 0.3 is 5.97 Å². The fourth-order valence-corrected chi connectivity index (χ4v) is 2.52. The fraction of sp³-hybridized carbons (Fsp3) is 0.529. The number of ether oxygens (including phenoxy) is 2. The lowest BCUT2D eigenvalue weighted by atomic mass is 10.1. The molecule has 0 bridgehead atoms. The molecular weight excluding hydrogens is 298 g/mol. The lowest BCUT2D eigenvalue weighted by molar-refractivity contribution is -0.147. The van der Waals surface area contributed by atoms with Crippen LogP contribution in [-0.4, -0.2) is 54.3 Å². The third kappa shape index (κ3) is 5.56. The van der Waals surface area contributed by atoms with Crippen LogP contribution in [0.1, 0.15) is 25.3 Å². The minimum Gasteiger partial charge on any atom is -0.494 e. The van der Waals surface area contributed by atoms with Crippen LogP contribution in [0.2, 0.25) is 0 Å². The van der Waals surface area contributed by atoms with Crippen LogP contribution in [0.4, 0.5) is 0 Å². The van der Waals surface area contributed by atoms with Crippen molar-refractivity contribution in [3.05, 3.63) is 29.8 Å². The first kappa shape index (κ1) is 17.3. The predicted molar refractivity (Wildman–Crippen MR) is 84.5 cm³/mol. The van der Waals surface area contributed by atoms with Crippen molar-refractivity contribution in [2.24, 2.45) is 0 Å². The number of morpholine rings is 1. The van der Waals surface area contributed by atoms with Crippen molar-refractivity contribution < 1.29 is 24.2 Å². The molecule has 1 aliphatic rings. The Balaban J connectivity index is 1.91. The first-order valence-corrected chi connectivity index (χ1v) is 7.91. The average molecular weight is 321 g/mol. The summed E-state index contributed by atoms with van der Waals surface area (Å²) in [5, 5.41) is 8.83. The number of hydrogen-bond donors (Lipinski definition) is 1. The van der Waals surface area contributed by atoms with Gasteiger partial charge in [0, 0.05) is 13.1 Å². The van der Waals surface area contributed by atoms with Gasteiger partial charge in [-0.05, 0) is 24.1 Å². The molecule has 6 nitrogen and oxygen atoms in total. The summed E-state index contributed by atoms with van der Waals surface area (Å²) in [6.45, 7) is 3.90. The molecule has 23 heavy (non-hydrogen) atoms. The van der Waals surface area contributed by atoms with E-state index < -0.39 is 12.1 Å². The second kappa shape index (κ2) is 8.53. The molecule has 1 fully saturated rings. The first-order valence-electron chi connectivity index (χ1n) is 7.91. The second-order valence-electron chi connectivity index (χ2n) is 5.60. The van der Waals surface area contributed by atoms with Crippen molar-refractivity contribution in [1.82, 2.24) is 4.90 Å². The van der Waals surface area contributed by atoms with Crippen molar-refractivity contribution >= 4 is 11.9 Å². The van der Waals surface area contributed by atoms with Gasteiger partial charge < -0.3 is 19.5 Å². The van der Waals surface area contributed by atoms with Crippen LogP contribution in [0.25, 0.3) is 0 Å². The summed E-state index contributed by atoms with van der Waals surface area (Å²) in [4.78, 5) is 24.8. The maximum absolute atomic E-state index is 12.4. The molecule has 6 heteroatoms. The molecular formula is C17H23NO5. The SMILES string of the molecule is CCCOc1cccc(CC(=O)N2CCOC(CC(=O)O)C2)c1. The van der Waals surface area contributed by atoms with Crippen LogP contribution >= 0.6 is 0 Å². The third-order valence-electron chi connectivity index (χ3n) is 3.62. The van der Waals surface area contributed by atoms with Crippen molar-refractivity contribution in [1.29, 1.82) is 0 Å². The van der Waals surface area contributed by atoms with Crippen molar-refractivity contribution in [2.45, 2.75) is 32.3 Å². The van der Waals surface area contributed by atoms with Crippen molar-refractivity contribution in [3.8, 4) is 5.75 Å². The number of benzene rings is 1. The highest BCUT2D eigenvalue weighted by molar-refractivity contribution is 5.79. The van der Waals surface area contributed by atoms with Gasteiger partial charge in [0.1, 0.15) is 5.75 Å². The van der Waals surface area contributed by atoms with Crippen LogP contribution < -0.4 is 4.74 Å². The van der Waals surface area contributed by atoms with Gasteiger partial charge in [-0.1, -0.05) is 19.1 Å². The molecule has 1 heterocycles. The van der Waals surface area contributed by atoms with Gasteiger partial charge in [-0.3, -0.25) is 9.59 Å². The zero-order chi connectivity index (χ0) is 16.7. The summed E-state index contributed by atoms with van der Waals surface area (Å²) in [6, 6.07) is 7.52. The summed E-state index contributed by atoms with van der Waals surface area (Å²) in [5.74, 6) is -0.163. The lowest BCUT2D eigenvalue weighted by Gasteiger charge is -2.32. The van der Waals surface area contributed by atoms with E-state index in [1.807, 2.05) is 31.2 Å². The van der Waals surface area contributed by atoms with E-state index in [1.165, 1.54) is 0 Å². The molecule has 1 N–H and O–H groups in total. The van der Waals surface area contributed by atoms with Crippen LogP contribution in [0.15, 0.2) is 24.3 Å². The molecule has 0 radical (unpaired) electrons. The maximum Gasteiger partial charge on any atom is 0.306 e. The minimum absolute atomic E-state index is 0.0173. The maximum atomic E-state index is 12.4. The van der Waals surface area contributed by atoms with E-state index in [4.69, 9.17) is 14.6 Å². The predicted octanol–water partition coefficient (Wildman–Crippen LogP) is 1.72. The molecule has 1 aromatic rings. The topological polar surface area (TPSA) is 76.1 Å². The number of rotatable bonds is 7. The number of carbonyl (C=O) groups is 2. The second-order valence-corrected chi connectivity index (χ2v) is 5.60. The number of hydrogen-bond acceptors (Lipinski definition) is 4. The van der Waals surface area contributed by atoms with E-state index in [1.54, 1.807) is 4.90 Å². The van der Waals surface area contributed by atoms with Gasteiger partial charge in [-0.15, -0.1) is 0 Å². The molecule has 1 saturated heterocycles. The van der Waals surface area contributed by atoms with Crippen LogP contribution in [-0.2, 0) is 20.7 Å². The Labute approximate surface area is 136 Å². The van der Waals surface area contributed by atoms with Gasteiger partial charge in [-0.2, -0.15) is 0 Å². The fourth-order valence-electron chi connectivity index (χ4n) is 2.52. The van der Waals surface area contributed by atoms with E-state index in [0.29, 0.717) is 26.3 Å². The Hall–Kier alpha value is -2.08. The molecule has 0 aromatic heterocycles. The lowest BCUT2D eigenvalue weighted by Crippen LogP contribution is -2.46. The standard InChI is InChI=1S/C17H23NO5/c1-2-7-22-14-5-3-4-13(9-14)10-16(19)18-6-8-23-15(12-18)11-17(20)21/h3-5,9,15H,2,6-8,10-12H2,1H3,(H,20,21). The van der Waals surface area contributed by atoms with E-state index in [0.717, 1.165) is 17.7 Å². The molecule has 126 valence electrons. The van der Waals surface area contributed by atoms with Crippen LogP contribution in [0.5, 0.6) is 5.75 Å². The van der Waals surface area contributed by atoms with E-state index in [-0.39, 0.29) is 18.7 Å². The number of carbonyl (C=O) groups excluding carboxylic acids is 1. The number of carboxylic acid groups (broad SMARTS) is 1. The largest absolute Gasteiger partial charge is 0.494 e. The van der Waals surface area contributed by atoms with Gasteiger partial charge in [0.15, 0.2) is 0 Å². The van der Waals surface area contributed by atoms with Gasteiger partial charge in [0.2, 0.25) is 5.91 Å². The minimum atomic E-state index is -0.912. The van der Waals surface area contributed by atoms with Crippen LogP contribution in [0, 0.1) is 0 Å². The molecule has 0 aliphatic carbocycles. The summed E-state index contributed by atoms with van der Waals surface area (Å²) in [6.07, 6.45) is 0.708. The Morgan fingerprint density at radius 3 is 3.00 bits per heavy atom. The van der Waals surface area contributed by atoms with Crippen LogP contribution in [0.3, 0.4) is 0 Å². The zero-order valence-corrected chi connectivity index (χ0v) is 13.4. The first-order chi connectivity index (χ1) is 11.1. The molecule has 1 aromatic carbocycles. The summed E-state index contributed by atoms with van der Waals surface area (Å²) in [5.41, 5.74) is 0.893. The molecule has 0 saturated carbocycles.